The predicted octanol–water partition coefficient (Wildman–Crippen LogP) is 3.62. The Bertz CT molecular complexity index is 1760. The highest BCUT2D eigenvalue weighted by molar-refractivity contribution is 7.92. The summed E-state index contributed by atoms with van der Waals surface area (Å²) in [5.74, 6) is 0.472. The lowest BCUT2D eigenvalue weighted by Gasteiger charge is -2.47. The quantitative estimate of drug-likeness (QED) is 0.224. The number of β-amino-alcohol motifs (C(OH)–C–C–N with tert-alkyl or cyclic N) is 1. The fraction of sp³-hybridized carbons (Fsp3) is 0.575. The zero-order valence-electron chi connectivity index (χ0n) is 31.8. The number of carbonyl (C=O) groups is 3. The van der Waals surface area contributed by atoms with Crippen molar-refractivity contribution in [2.24, 2.45) is 11.8 Å². The van der Waals surface area contributed by atoms with E-state index in [1.54, 1.807) is 18.2 Å². The van der Waals surface area contributed by atoms with E-state index in [4.69, 9.17) is 9.47 Å². The molecule has 2 aliphatic heterocycles. The van der Waals surface area contributed by atoms with Gasteiger partial charge in [0.05, 0.1) is 22.9 Å². The number of rotatable bonds is 13. The molecule has 5 rings (SSSR count). The molecule has 6 atom stereocenters. The van der Waals surface area contributed by atoms with Crippen LogP contribution in [-0.2, 0) is 30.6 Å². The highest BCUT2D eigenvalue weighted by Crippen LogP contribution is 2.39. The number of aliphatic hydroxyl groups is 1. The van der Waals surface area contributed by atoms with Gasteiger partial charge in [-0.05, 0) is 95.1 Å². The number of hydrogen-bond acceptors (Lipinski definition) is 9. The summed E-state index contributed by atoms with van der Waals surface area (Å²) in [6.45, 7) is 9.51. The molecule has 3 aliphatic rings. The minimum Gasteiger partial charge on any atom is -0.454 e. The number of benzene rings is 2. The Morgan fingerprint density at radius 3 is 2.32 bits per heavy atom. The molecule has 1 saturated heterocycles. The maximum absolute atomic E-state index is 14.3. The number of nitrogens with zero attached hydrogens (tertiary/aromatic N) is 1. The Morgan fingerprint density at radius 2 is 1.64 bits per heavy atom. The van der Waals surface area contributed by atoms with Crippen LogP contribution in [0.3, 0.4) is 0 Å². The lowest BCUT2D eigenvalue weighted by Crippen LogP contribution is -2.64. The van der Waals surface area contributed by atoms with Crippen LogP contribution < -0.4 is 25.4 Å². The first-order valence-corrected chi connectivity index (χ1v) is 20.5. The van der Waals surface area contributed by atoms with E-state index in [0.717, 1.165) is 37.5 Å². The molecule has 2 unspecified atom stereocenters. The number of nitrogens with one attached hydrogen (secondary N) is 3. The van der Waals surface area contributed by atoms with Gasteiger partial charge < -0.3 is 30.5 Å². The van der Waals surface area contributed by atoms with Crippen LogP contribution >= 0.6 is 0 Å². The summed E-state index contributed by atoms with van der Waals surface area (Å²) < 4.78 is 35.2. The molecule has 0 aromatic heterocycles. The second kappa shape index (κ2) is 16.6. The largest absolute Gasteiger partial charge is 0.454 e. The van der Waals surface area contributed by atoms with Gasteiger partial charge in [-0.2, -0.15) is 0 Å². The number of carbonyl (C=O) groups excluding carboxylic acids is 3. The van der Waals surface area contributed by atoms with Crippen molar-refractivity contribution in [3.63, 3.8) is 0 Å². The molecule has 0 bridgehead atoms. The second-order valence-electron chi connectivity index (χ2n) is 16.4. The van der Waals surface area contributed by atoms with E-state index in [9.17, 15) is 27.9 Å². The van der Waals surface area contributed by atoms with Gasteiger partial charge in [-0.1, -0.05) is 55.7 Å². The highest BCUT2D eigenvalue weighted by Gasteiger charge is 2.46. The van der Waals surface area contributed by atoms with Crippen molar-refractivity contribution in [2.75, 3.05) is 26.1 Å². The highest BCUT2D eigenvalue weighted by atomic mass is 32.2. The van der Waals surface area contributed by atoms with Gasteiger partial charge in [-0.15, -0.1) is 0 Å². The van der Waals surface area contributed by atoms with Gasteiger partial charge in [0, 0.05) is 31.0 Å². The summed E-state index contributed by atoms with van der Waals surface area (Å²) in [7, 11) is -3.89. The average Bonchev–Trinajstić information content (AvgIpc) is 3.56. The standard InChI is InChI=1S/C40H56N4O8S/c1-39(2,3)43-37(47)31-22-28-14-10-11-15-29(28)23-44(31)24-32(45)30(20-26-12-8-7-9-13-26)41-38(48)36(40(4,5)53(6,49)50)42-35(46)19-17-27-16-18-33-34(21-27)52-25-51-33/h7-9,12-13,16-19,21,28-32,36,45H,10-11,14-15,20,22-25H2,1-6H3,(H,41,48)(H,42,46)(H,43,47)/b19-17+/t28?,29?,30-,31-,32+,36+/m0/s1. The lowest BCUT2D eigenvalue weighted by molar-refractivity contribution is -0.133. The molecule has 1 saturated carbocycles. The maximum Gasteiger partial charge on any atom is 0.244 e. The predicted molar refractivity (Wildman–Crippen MR) is 204 cm³/mol. The molecule has 2 fully saturated rings. The van der Waals surface area contributed by atoms with Crippen LogP contribution in [-0.4, -0.2) is 96.8 Å². The molecule has 2 aromatic rings. The minimum atomic E-state index is -3.89. The van der Waals surface area contributed by atoms with Crippen LogP contribution in [0.4, 0.5) is 0 Å². The minimum absolute atomic E-state index is 0.0798. The van der Waals surface area contributed by atoms with E-state index in [-0.39, 0.29) is 25.7 Å². The molecule has 3 amide bonds. The summed E-state index contributed by atoms with van der Waals surface area (Å²) in [4.78, 5) is 43.3. The number of fused-ring (bicyclic) bond motifs is 2. The Kier molecular flexibility index (Phi) is 12.6. The Hall–Kier alpha value is -3.94. The monoisotopic (exact) mass is 752 g/mol. The van der Waals surface area contributed by atoms with Gasteiger partial charge in [-0.3, -0.25) is 19.3 Å². The number of amides is 3. The Labute approximate surface area is 314 Å². The van der Waals surface area contributed by atoms with Crippen molar-refractivity contribution in [1.82, 2.24) is 20.9 Å². The Balaban J connectivity index is 1.38. The van der Waals surface area contributed by atoms with Crippen LogP contribution in [0.1, 0.15) is 77.8 Å². The summed E-state index contributed by atoms with van der Waals surface area (Å²) in [5.41, 5.74) is 1.06. The third-order valence-electron chi connectivity index (χ3n) is 10.8. The first-order chi connectivity index (χ1) is 24.9. The van der Waals surface area contributed by atoms with Gasteiger partial charge >= 0.3 is 0 Å². The molecule has 1 aliphatic carbocycles. The first kappa shape index (κ1) is 40.2. The lowest BCUT2D eigenvalue weighted by atomic mass is 9.72. The molecule has 0 radical (unpaired) electrons. The fourth-order valence-electron chi connectivity index (χ4n) is 7.56. The van der Waals surface area contributed by atoms with Crippen LogP contribution in [0.15, 0.2) is 54.6 Å². The zero-order chi connectivity index (χ0) is 38.6. The van der Waals surface area contributed by atoms with Crippen LogP contribution in [0, 0.1) is 11.8 Å². The van der Waals surface area contributed by atoms with Crippen molar-refractivity contribution in [3.05, 3.63) is 65.7 Å². The molecule has 12 nitrogen and oxygen atoms in total. The topological polar surface area (TPSA) is 163 Å². The van der Waals surface area contributed by atoms with Gasteiger partial charge in [0.2, 0.25) is 24.5 Å². The van der Waals surface area contributed by atoms with E-state index in [2.05, 4.69) is 20.9 Å². The molecule has 4 N–H and O–H groups in total. The van der Waals surface area contributed by atoms with E-state index >= 15 is 0 Å². The van der Waals surface area contributed by atoms with E-state index in [1.165, 1.54) is 26.0 Å². The third kappa shape index (κ3) is 10.4. The normalized spacial score (nSPS) is 22.4. The van der Waals surface area contributed by atoms with Crippen molar-refractivity contribution < 1.29 is 37.4 Å². The average molecular weight is 753 g/mol. The van der Waals surface area contributed by atoms with Crippen LogP contribution in [0.5, 0.6) is 11.5 Å². The molecule has 13 heteroatoms. The van der Waals surface area contributed by atoms with Crippen molar-refractivity contribution in [2.45, 2.75) is 108 Å². The second-order valence-corrected chi connectivity index (χ2v) is 19.0. The van der Waals surface area contributed by atoms with Gasteiger partial charge in [-0.25, -0.2) is 8.42 Å². The van der Waals surface area contributed by atoms with Crippen molar-refractivity contribution in [1.29, 1.82) is 0 Å². The summed E-state index contributed by atoms with van der Waals surface area (Å²) in [6.07, 6.45) is 8.03. The number of ether oxygens (including phenoxy) is 2. The summed E-state index contributed by atoms with van der Waals surface area (Å²) in [5, 5.41) is 20.7. The summed E-state index contributed by atoms with van der Waals surface area (Å²) >= 11 is 0. The van der Waals surface area contributed by atoms with Crippen molar-refractivity contribution >= 4 is 33.6 Å². The maximum atomic E-state index is 14.3. The first-order valence-electron chi connectivity index (χ1n) is 18.6. The van der Waals surface area contributed by atoms with Crippen LogP contribution in [0.25, 0.3) is 6.08 Å². The van der Waals surface area contributed by atoms with E-state index in [0.29, 0.717) is 41.9 Å². The van der Waals surface area contributed by atoms with Gasteiger partial charge in [0.15, 0.2) is 21.3 Å². The third-order valence-corrected chi connectivity index (χ3v) is 13.0. The van der Waals surface area contributed by atoms with Gasteiger partial charge in [0.25, 0.3) is 0 Å². The Morgan fingerprint density at radius 1 is 0.962 bits per heavy atom. The number of piperidine rings is 1. The zero-order valence-corrected chi connectivity index (χ0v) is 32.6. The van der Waals surface area contributed by atoms with Gasteiger partial charge in [0.1, 0.15) is 6.04 Å². The molecule has 53 heavy (non-hydrogen) atoms. The molecule has 0 spiro atoms. The fourth-order valence-corrected chi connectivity index (χ4v) is 8.15. The van der Waals surface area contributed by atoms with Crippen LogP contribution in [0.2, 0.25) is 0 Å². The van der Waals surface area contributed by atoms with Crippen molar-refractivity contribution in [3.8, 4) is 11.5 Å². The number of hydrogen-bond donors (Lipinski definition) is 4. The van der Waals surface area contributed by atoms with E-state index in [1.807, 2.05) is 51.1 Å². The molecule has 2 heterocycles. The smallest absolute Gasteiger partial charge is 0.244 e. The summed E-state index contributed by atoms with van der Waals surface area (Å²) in [6, 6.07) is 11.7. The molecule has 2 aromatic carbocycles. The number of sulfone groups is 1. The molecule has 290 valence electrons. The van der Waals surface area contributed by atoms with E-state index < -0.39 is 56.2 Å². The SMILES string of the molecule is CC(C)(C)NC(=O)[C@@H]1CC2CCCCC2CN1C[C@@H](O)[C@H](Cc1ccccc1)NC(=O)[C@@H](NC(=O)/C=C/c1ccc2c(c1)OCO2)C(C)(C)S(C)(=O)=O. The number of aliphatic hydroxyl groups excluding tert-OH is 1. The molecular weight excluding hydrogens is 697 g/mol. The molecular formula is C40H56N4O8S. The number of likely N-dealkylation sites (tertiary alicyclic amines) is 1.